The molecule has 8 nitrogen and oxygen atoms in total. The maximum atomic E-state index is 12.7. The zero-order valence-corrected chi connectivity index (χ0v) is 16.1. The highest BCUT2D eigenvalue weighted by Gasteiger charge is 2.40. The molecule has 3 aliphatic heterocycles. The number of morpholine rings is 1. The van der Waals surface area contributed by atoms with Crippen LogP contribution in [0.5, 0.6) is 5.75 Å². The molecule has 2 atom stereocenters. The number of rotatable bonds is 4. The van der Waals surface area contributed by atoms with E-state index in [2.05, 4.69) is 10.1 Å². The zero-order chi connectivity index (χ0) is 21.3. The number of hydrogen-bond acceptors (Lipinski definition) is 5. The van der Waals surface area contributed by atoms with Gasteiger partial charge in [-0.2, -0.15) is 0 Å². The number of carbonyl (C=O) groups excluding carboxylic acids is 2. The highest BCUT2D eigenvalue weighted by atomic mass is 19.4. The van der Waals surface area contributed by atoms with Crippen LogP contribution in [0.15, 0.2) is 24.3 Å². The molecule has 0 bridgehead atoms. The van der Waals surface area contributed by atoms with Crippen molar-refractivity contribution < 1.29 is 37.0 Å². The van der Waals surface area contributed by atoms with Crippen molar-refractivity contribution in [1.29, 1.82) is 0 Å². The van der Waals surface area contributed by atoms with Gasteiger partial charge in [-0.1, -0.05) is 12.1 Å². The molecule has 3 amide bonds. The lowest BCUT2D eigenvalue weighted by Crippen LogP contribution is -2.65. The number of ether oxygens (including phenoxy) is 3. The van der Waals surface area contributed by atoms with E-state index in [0.29, 0.717) is 38.2 Å². The SMILES string of the molecule is O=C1CO[C@H]2CCN(C(=O)N3CC(OCc4cccc(OC(F)(F)F)c4)C3)CC2N1. The highest BCUT2D eigenvalue weighted by Crippen LogP contribution is 2.25. The van der Waals surface area contributed by atoms with Crippen molar-refractivity contribution in [3.8, 4) is 5.75 Å². The van der Waals surface area contributed by atoms with E-state index in [1.54, 1.807) is 15.9 Å². The molecule has 1 unspecified atom stereocenters. The third-order valence-electron chi connectivity index (χ3n) is 5.33. The number of nitrogens with zero attached hydrogens (tertiary/aromatic N) is 2. The maximum absolute atomic E-state index is 12.7. The summed E-state index contributed by atoms with van der Waals surface area (Å²) < 4.78 is 52.0. The minimum atomic E-state index is -4.74. The number of alkyl halides is 3. The van der Waals surface area contributed by atoms with Crippen LogP contribution in [0.3, 0.4) is 0 Å². The molecule has 1 N–H and O–H groups in total. The number of piperidine rings is 1. The van der Waals surface area contributed by atoms with E-state index in [-0.39, 0.29) is 49.2 Å². The molecule has 3 aliphatic rings. The average Bonchev–Trinajstić information content (AvgIpc) is 2.65. The molecule has 3 heterocycles. The van der Waals surface area contributed by atoms with Crippen molar-refractivity contribution in [2.75, 3.05) is 32.8 Å². The number of urea groups is 1. The first-order valence-electron chi connectivity index (χ1n) is 9.68. The number of halogens is 3. The second kappa shape index (κ2) is 8.31. The maximum Gasteiger partial charge on any atom is 0.573 e. The summed E-state index contributed by atoms with van der Waals surface area (Å²) in [5.41, 5.74) is 0.552. The van der Waals surface area contributed by atoms with Gasteiger partial charge in [0.25, 0.3) is 0 Å². The molecular weight excluding hydrogens is 407 g/mol. The Balaban J connectivity index is 1.21. The van der Waals surface area contributed by atoms with Gasteiger partial charge in [-0.15, -0.1) is 13.2 Å². The van der Waals surface area contributed by atoms with Crippen LogP contribution in [0.2, 0.25) is 0 Å². The van der Waals surface area contributed by atoms with Crippen LogP contribution in [0.25, 0.3) is 0 Å². The molecule has 1 aromatic carbocycles. The highest BCUT2D eigenvalue weighted by molar-refractivity contribution is 5.79. The van der Waals surface area contributed by atoms with Crippen LogP contribution < -0.4 is 10.1 Å². The largest absolute Gasteiger partial charge is 0.573 e. The van der Waals surface area contributed by atoms with Crippen molar-refractivity contribution in [1.82, 2.24) is 15.1 Å². The first-order valence-corrected chi connectivity index (χ1v) is 9.68. The van der Waals surface area contributed by atoms with E-state index in [1.807, 2.05) is 0 Å². The van der Waals surface area contributed by atoms with Gasteiger partial charge in [0.15, 0.2) is 0 Å². The number of carbonyl (C=O) groups is 2. The lowest BCUT2D eigenvalue weighted by atomic mass is 10.0. The Morgan fingerprint density at radius 2 is 2.03 bits per heavy atom. The van der Waals surface area contributed by atoms with Crippen molar-refractivity contribution in [3.63, 3.8) is 0 Å². The fourth-order valence-corrected chi connectivity index (χ4v) is 3.82. The average molecular weight is 429 g/mol. The summed E-state index contributed by atoms with van der Waals surface area (Å²) in [5.74, 6) is -0.469. The quantitative estimate of drug-likeness (QED) is 0.785. The van der Waals surface area contributed by atoms with Gasteiger partial charge in [0, 0.05) is 13.1 Å². The van der Waals surface area contributed by atoms with E-state index in [4.69, 9.17) is 9.47 Å². The number of likely N-dealkylation sites (tertiary alicyclic amines) is 2. The van der Waals surface area contributed by atoms with Crippen LogP contribution in [-0.4, -0.2) is 79.1 Å². The molecule has 0 aromatic heterocycles. The molecule has 30 heavy (non-hydrogen) atoms. The standard InChI is InChI=1S/C19H22F3N3O5/c20-19(21,22)30-13-3-1-2-12(6-13)10-28-14-7-25(8-14)18(27)24-5-4-16-15(9-24)23-17(26)11-29-16/h1-3,6,14-16H,4-5,7-11H2,(H,23,26)/t15?,16-/m0/s1. The second-order valence-electron chi connectivity index (χ2n) is 7.57. The third kappa shape index (κ3) is 4.96. The molecule has 11 heteroatoms. The fraction of sp³-hybridized carbons (Fsp3) is 0.579. The predicted molar refractivity (Wildman–Crippen MR) is 96.5 cm³/mol. The molecule has 0 aliphatic carbocycles. The van der Waals surface area contributed by atoms with E-state index in [0.717, 1.165) is 0 Å². The fourth-order valence-electron chi connectivity index (χ4n) is 3.82. The summed E-state index contributed by atoms with van der Waals surface area (Å²) in [5, 5.41) is 2.86. The van der Waals surface area contributed by atoms with Gasteiger partial charge in [0.2, 0.25) is 5.91 Å². The molecule has 1 aromatic rings. The van der Waals surface area contributed by atoms with Gasteiger partial charge in [-0.3, -0.25) is 4.79 Å². The molecule has 3 saturated heterocycles. The summed E-state index contributed by atoms with van der Waals surface area (Å²) in [4.78, 5) is 27.5. The minimum Gasteiger partial charge on any atom is -0.406 e. The van der Waals surface area contributed by atoms with Crippen LogP contribution >= 0.6 is 0 Å². The summed E-state index contributed by atoms with van der Waals surface area (Å²) in [6.45, 7) is 1.97. The first kappa shape index (κ1) is 20.7. The molecular formula is C19H22F3N3O5. The Bertz CT molecular complexity index is 800. The van der Waals surface area contributed by atoms with Gasteiger partial charge >= 0.3 is 12.4 Å². The Labute approximate surface area is 170 Å². The molecule has 164 valence electrons. The molecule has 3 fully saturated rings. The summed E-state index contributed by atoms with van der Waals surface area (Å²) in [6.07, 6.45) is -4.32. The Hall–Kier alpha value is -2.53. The van der Waals surface area contributed by atoms with Crippen molar-refractivity contribution in [2.45, 2.75) is 37.6 Å². The first-order chi connectivity index (χ1) is 14.3. The molecule has 0 radical (unpaired) electrons. The van der Waals surface area contributed by atoms with Crippen LogP contribution in [0.1, 0.15) is 12.0 Å². The Morgan fingerprint density at radius 3 is 2.80 bits per heavy atom. The number of nitrogens with one attached hydrogen (secondary N) is 1. The van der Waals surface area contributed by atoms with Crippen molar-refractivity contribution >= 4 is 11.9 Å². The summed E-state index contributed by atoms with van der Waals surface area (Å²) in [7, 11) is 0. The number of benzene rings is 1. The van der Waals surface area contributed by atoms with E-state index in [1.165, 1.54) is 18.2 Å². The summed E-state index contributed by atoms with van der Waals surface area (Å²) in [6, 6.07) is 5.31. The van der Waals surface area contributed by atoms with E-state index >= 15 is 0 Å². The van der Waals surface area contributed by atoms with Crippen LogP contribution in [0, 0.1) is 0 Å². The monoisotopic (exact) mass is 429 g/mol. The van der Waals surface area contributed by atoms with Gasteiger partial charge in [0.05, 0.1) is 37.9 Å². The molecule has 0 saturated carbocycles. The van der Waals surface area contributed by atoms with Crippen LogP contribution in [-0.2, 0) is 20.9 Å². The Morgan fingerprint density at radius 1 is 1.23 bits per heavy atom. The van der Waals surface area contributed by atoms with E-state index in [9.17, 15) is 22.8 Å². The molecule has 4 rings (SSSR count). The summed E-state index contributed by atoms with van der Waals surface area (Å²) >= 11 is 0. The minimum absolute atomic E-state index is 0.0590. The van der Waals surface area contributed by atoms with Crippen molar-refractivity contribution in [3.05, 3.63) is 29.8 Å². The normalized spacial score (nSPS) is 24.7. The topological polar surface area (TPSA) is 80.3 Å². The number of fused-ring (bicyclic) bond motifs is 1. The lowest BCUT2D eigenvalue weighted by Gasteiger charge is -2.45. The van der Waals surface area contributed by atoms with Gasteiger partial charge < -0.3 is 29.3 Å². The second-order valence-corrected chi connectivity index (χ2v) is 7.57. The predicted octanol–water partition coefficient (Wildman–Crippen LogP) is 1.50. The Kier molecular flexibility index (Phi) is 5.74. The van der Waals surface area contributed by atoms with Crippen LogP contribution in [0.4, 0.5) is 18.0 Å². The number of hydrogen-bond donors (Lipinski definition) is 1. The van der Waals surface area contributed by atoms with Crippen molar-refractivity contribution in [2.24, 2.45) is 0 Å². The zero-order valence-electron chi connectivity index (χ0n) is 16.1. The van der Waals surface area contributed by atoms with Gasteiger partial charge in [-0.25, -0.2) is 4.79 Å². The number of amides is 3. The third-order valence-corrected chi connectivity index (χ3v) is 5.33. The van der Waals surface area contributed by atoms with E-state index < -0.39 is 6.36 Å². The smallest absolute Gasteiger partial charge is 0.406 e. The van der Waals surface area contributed by atoms with Gasteiger partial charge in [-0.05, 0) is 24.1 Å². The van der Waals surface area contributed by atoms with Gasteiger partial charge in [0.1, 0.15) is 12.4 Å². The lowest BCUT2D eigenvalue weighted by molar-refractivity contribution is -0.274. The molecule has 0 spiro atoms.